The predicted octanol–water partition coefficient (Wildman–Crippen LogP) is 1.93. The molecule has 1 aromatic carbocycles. The minimum Gasteiger partial charge on any atom is -0.368 e. The first kappa shape index (κ1) is 15.9. The average molecular weight is 321 g/mol. The van der Waals surface area contributed by atoms with E-state index in [1.54, 1.807) is 13.0 Å². The van der Waals surface area contributed by atoms with E-state index in [1.165, 1.54) is 0 Å². The molecule has 2 aromatic rings. The molecule has 1 fully saturated rings. The Balaban J connectivity index is 1.66. The fourth-order valence-electron chi connectivity index (χ4n) is 2.90. The Hall–Kier alpha value is -2.94. The molecule has 0 bridgehead atoms. The highest BCUT2D eigenvalue weighted by Gasteiger charge is 2.23. The highest BCUT2D eigenvalue weighted by atomic mass is 16.2. The van der Waals surface area contributed by atoms with Crippen LogP contribution in [0.1, 0.15) is 27.6 Å². The summed E-state index contributed by atoms with van der Waals surface area (Å²) in [6, 6.07) is 11.4. The number of amides is 1. The van der Waals surface area contributed by atoms with Gasteiger partial charge in [0, 0.05) is 37.6 Å². The number of nitrogens with zero attached hydrogens (tertiary/aromatic N) is 5. The normalized spacial score (nSPS) is 14.4. The largest absolute Gasteiger partial charge is 0.368 e. The molecule has 1 aliphatic rings. The Morgan fingerprint density at radius 1 is 1.08 bits per heavy atom. The van der Waals surface area contributed by atoms with Crippen molar-refractivity contribution in [1.29, 1.82) is 5.26 Å². The van der Waals surface area contributed by atoms with Gasteiger partial charge in [0.25, 0.3) is 5.91 Å². The number of anilines is 1. The second-order valence-electron chi connectivity index (χ2n) is 5.88. The Morgan fingerprint density at radius 2 is 1.75 bits per heavy atom. The molecular formula is C18H19N5O. The second kappa shape index (κ2) is 6.67. The molecular weight excluding hydrogens is 302 g/mol. The van der Waals surface area contributed by atoms with E-state index in [-0.39, 0.29) is 5.91 Å². The van der Waals surface area contributed by atoms with Gasteiger partial charge >= 0.3 is 0 Å². The molecule has 0 unspecified atom stereocenters. The van der Waals surface area contributed by atoms with Crippen LogP contribution in [-0.4, -0.2) is 47.0 Å². The van der Waals surface area contributed by atoms with Crippen molar-refractivity contribution in [3.8, 4) is 6.07 Å². The molecule has 0 spiro atoms. The number of aryl methyl sites for hydroxylation is 2. The molecule has 0 N–H and O–H groups in total. The molecule has 122 valence electrons. The third-order valence-corrected chi connectivity index (χ3v) is 4.11. The summed E-state index contributed by atoms with van der Waals surface area (Å²) in [6.45, 7) is 6.50. The molecule has 6 heteroatoms. The van der Waals surface area contributed by atoms with Crippen molar-refractivity contribution in [3.63, 3.8) is 0 Å². The van der Waals surface area contributed by atoms with E-state index in [9.17, 15) is 4.79 Å². The quantitative estimate of drug-likeness (QED) is 0.845. The van der Waals surface area contributed by atoms with Crippen molar-refractivity contribution >= 4 is 11.6 Å². The number of carbonyl (C=O) groups is 1. The summed E-state index contributed by atoms with van der Waals surface area (Å²) in [5.74, 6) is 0.581. The Morgan fingerprint density at radius 3 is 2.33 bits per heavy atom. The lowest BCUT2D eigenvalue weighted by atomic mass is 10.2. The van der Waals surface area contributed by atoms with E-state index in [0.717, 1.165) is 24.5 Å². The first-order valence-corrected chi connectivity index (χ1v) is 7.93. The first-order valence-electron chi connectivity index (χ1n) is 7.93. The zero-order valence-electron chi connectivity index (χ0n) is 13.9. The summed E-state index contributed by atoms with van der Waals surface area (Å²) in [7, 11) is 0. The number of nitriles is 1. The monoisotopic (exact) mass is 321 g/mol. The van der Waals surface area contributed by atoms with Crippen LogP contribution in [0, 0.1) is 25.2 Å². The molecule has 1 aromatic heterocycles. The molecule has 1 aliphatic heterocycles. The van der Waals surface area contributed by atoms with E-state index >= 15 is 0 Å². The number of aromatic nitrogens is 2. The summed E-state index contributed by atoms with van der Waals surface area (Å²) in [5.41, 5.74) is 3.01. The van der Waals surface area contributed by atoms with Crippen molar-refractivity contribution in [1.82, 2.24) is 14.9 Å². The fourth-order valence-corrected chi connectivity index (χ4v) is 2.90. The van der Waals surface area contributed by atoms with Gasteiger partial charge in [0.15, 0.2) is 0 Å². The topological polar surface area (TPSA) is 73.1 Å². The number of carbonyl (C=O) groups excluding carboxylic acids is 1. The molecule has 1 amide bonds. The molecule has 0 atom stereocenters. The van der Waals surface area contributed by atoms with Crippen LogP contribution in [0.25, 0.3) is 0 Å². The summed E-state index contributed by atoms with van der Waals surface area (Å²) in [4.78, 5) is 25.1. The van der Waals surface area contributed by atoms with E-state index in [2.05, 4.69) is 20.9 Å². The van der Waals surface area contributed by atoms with Gasteiger partial charge in [-0.25, -0.2) is 9.97 Å². The summed E-state index contributed by atoms with van der Waals surface area (Å²) >= 11 is 0. The molecule has 0 radical (unpaired) electrons. The van der Waals surface area contributed by atoms with Crippen LogP contribution >= 0.6 is 0 Å². The van der Waals surface area contributed by atoms with Gasteiger partial charge < -0.3 is 9.80 Å². The maximum atomic E-state index is 12.6. The van der Waals surface area contributed by atoms with Crippen molar-refractivity contribution in [3.05, 3.63) is 53.1 Å². The predicted molar refractivity (Wildman–Crippen MR) is 90.8 cm³/mol. The van der Waals surface area contributed by atoms with Crippen LogP contribution in [0.3, 0.4) is 0 Å². The van der Waals surface area contributed by atoms with Crippen molar-refractivity contribution < 1.29 is 4.79 Å². The SMILES string of the molecule is Cc1cc(C(=O)N2CCN(c3ccc(C#N)cc3)CC2)nc(C)n1. The van der Waals surface area contributed by atoms with Gasteiger partial charge in [-0.05, 0) is 44.2 Å². The maximum absolute atomic E-state index is 12.6. The summed E-state index contributed by atoms with van der Waals surface area (Å²) in [5, 5.41) is 8.86. The van der Waals surface area contributed by atoms with Crippen LogP contribution in [0.2, 0.25) is 0 Å². The van der Waals surface area contributed by atoms with E-state index in [1.807, 2.05) is 36.1 Å². The van der Waals surface area contributed by atoms with Gasteiger partial charge in [0.2, 0.25) is 0 Å². The highest BCUT2D eigenvalue weighted by molar-refractivity contribution is 5.92. The third-order valence-electron chi connectivity index (χ3n) is 4.11. The third kappa shape index (κ3) is 3.35. The Bertz CT molecular complexity index is 766. The number of benzene rings is 1. The molecule has 6 nitrogen and oxygen atoms in total. The molecule has 0 saturated carbocycles. The van der Waals surface area contributed by atoms with Crippen molar-refractivity contribution in [2.24, 2.45) is 0 Å². The molecule has 0 aliphatic carbocycles. The maximum Gasteiger partial charge on any atom is 0.272 e. The summed E-state index contributed by atoms with van der Waals surface area (Å²) in [6.07, 6.45) is 0. The highest BCUT2D eigenvalue weighted by Crippen LogP contribution is 2.18. The number of hydrogen-bond donors (Lipinski definition) is 0. The fraction of sp³-hybridized carbons (Fsp3) is 0.333. The smallest absolute Gasteiger partial charge is 0.272 e. The lowest BCUT2D eigenvalue weighted by Gasteiger charge is -2.36. The van der Waals surface area contributed by atoms with E-state index in [0.29, 0.717) is 30.2 Å². The van der Waals surface area contributed by atoms with Crippen LogP contribution in [0.5, 0.6) is 0 Å². The van der Waals surface area contributed by atoms with Gasteiger partial charge in [-0.15, -0.1) is 0 Å². The van der Waals surface area contributed by atoms with Gasteiger partial charge in [0.1, 0.15) is 11.5 Å². The van der Waals surface area contributed by atoms with Gasteiger partial charge in [-0.2, -0.15) is 5.26 Å². The Kier molecular flexibility index (Phi) is 4.43. The number of hydrogen-bond acceptors (Lipinski definition) is 5. The lowest BCUT2D eigenvalue weighted by molar-refractivity contribution is 0.0740. The van der Waals surface area contributed by atoms with E-state index in [4.69, 9.17) is 5.26 Å². The van der Waals surface area contributed by atoms with Gasteiger partial charge in [-0.3, -0.25) is 4.79 Å². The standard InChI is InChI=1S/C18H19N5O/c1-13-11-17(21-14(2)20-13)18(24)23-9-7-22(8-10-23)16-5-3-15(12-19)4-6-16/h3-6,11H,7-10H2,1-2H3. The summed E-state index contributed by atoms with van der Waals surface area (Å²) < 4.78 is 0. The molecule has 24 heavy (non-hydrogen) atoms. The van der Waals surface area contributed by atoms with Gasteiger partial charge in [-0.1, -0.05) is 0 Å². The second-order valence-corrected chi connectivity index (χ2v) is 5.88. The Labute approximate surface area is 141 Å². The van der Waals surface area contributed by atoms with Crippen LogP contribution in [0.15, 0.2) is 30.3 Å². The molecule has 3 rings (SSSR count). The number of rotatable bonds is 2. The zero-order valence-corrected chi connectivity index (χ0v) is 13.9. The minimum atomic E-state index is -0.0388. The zero-order chi connectivity index (χ0) is 17.1. The minimum absolute atomic E-state index is 0.0388. The lowest BCUT2D eigenvalue weighted by Crippen LogP contribution is -2.49. The molecule has 2 heterocycles. The number of piperazine rings is 1. The van der Waals surface area contributed by atoms with E-state index < -0.39 is 0 Å². The molecule has 1 saturated heterocycles. The first-order chi connectivity index (χ1) is 11.6. The average Bonchev–Trinajstić information content (AvgIpc) is 2.60. The van der Waals surface area contributed by atoms with Crippen LogP contribution in [0.4, 0.5) is 5.69 Å². The van der Waals surface area contributed by atoms with Crippen LogP contribution < -0.4 is 4.90 Å². The van der Waals surface area contributed by atoms with Crippen molar-refractivity contribution in [2.75, 3.05) is 31.1 Å². The van der Waals surface area contributed by atoms with Crippen molar-refractivity contribution in [2.45, 2.75) is 13.8 Å². The van der Waals surface area contributed by atoms with Crippen LogP contribution in [-0.2, 0) is 0 Å². The van der Waals surface area contributed by atoms with Gasteiger partial charge in [0.05, 0.1) is 11.6 Å².